The molecule has 0 saturated carbocycles. The molecular formula is C26H28N6O5S. The van der Waals surface area contributed by atoms with Gasteiger partial charge in [-0.3, -0.25) is 19.4 Å². The van der Waals surface area contributed by atoms with E-state index in [1.165, 1.54) is 33.7 Å². The molecule has 0 aliphatic carbocycles. The number of fused-ring (bicyclic) bond motifs is 1. The van der Waals surface area contributed by atoms with E-state index in [4.69, 9.17) is 0 Å². The molecule has 2 fully saturated rings. The van der Waals surface area contributed by atoms with Crippen LogP contribution >= 0.6 is 0 Å². The average Bonchev–Trinajstić information content (AvgIpc) is 3.68. The van der Waals surface area contributed by atoms with Crippen molar-refractivity contribution < 1.29 is 22.8 Å². The number of amides is 2. The van der Waals surface area contributed by atoms with Crippen LogP contribution in [0.2, 0.25) is 0 Å². The van der Waals surface area contributed by atoms with Gasteiger partial charge < -0.3 is 15.2 Å². The van der Waals surface area contributed by atoms with E-state index in [1.54, 1.807) is 24.5 Å². The van der Waals surface area contributed by atoms with Crippen molar-refractivity contribution in [2.24, 2.45) is 0 Å². The molecule has 38 heavy (non-hydrogen) atoms. The quantitative estimate of drug-likeness (QED) is 0.395. The first kappa shape index (κ1) is 25.7. The first-order valence-corrected chi connectivity index (χ1v) is 13.9. The largest absolute Gasteiger partial charge is 0.352 e. The second-order valence-corrected chi connectivity index (χ2v) is 11.2. The number of likely N-dealkylation sites (tertiary alicyclic amines) is 1. The number of ketones is 1. The Morgan fingerprint density at radius 3 is 2.63 bits per heavy atom. The van der Waals surface area contributed by atoms with Crippen LogP contribution in [0.1, 0.15) is 36.0 Å². The fourth-order valence-electron chi connectivity index (χ4n) is 5.06. The van der Waals surface area contributed by atoms with E-state index in [0.717, 1.165) is 11.4 Å². The summed E-state index contributed by atoms with van der Waals surface area (Å²) in [6.07, 6.45) is 7.92. The summed E-state index contributed by atoms with van der Waals surface area (Å²) in [5.74, 6) is 0.0919. The molecule has 11 nitrogen and oxygen atoms in total. The number of nitrogens with zero attached hydrogens (tertiary/aromatic N) is 4. The lowest BCUT2D eigenvalue weighted by molar-refractivity contribution is -0.136. The van der Waals surface area contributed by atoms with Crippen LogP contribution in [0, 0.1) is 0 Å². The average molecular weight is 537 g/mol. The van der Waals surface area contributed by atoms with Gasteiger partial charge in [0, 0.05) is 55.4 Å². The summed E-state index contributed by atoms with van der Waals surface area (Å²) in [4.78, 5) is 50.7. The minimum absolute atomic E-state index is 0.0359. The Balaban J connectivity index is 1.09. The lowest BCUT2D eigenvalue weighted by Crippen LogP contribution is -2.43. The van der Waals surface area contributed by atoms with Crippen LogP contribution < -0.4 is 5.32 Å². The molecule has 4 heterocycles. The number of aromatic nitrogens is 3. The van der Waals surface area contributed by atoms with Gasteiger partial charge in [0.25, 0.3) is 5.91 Å². The number of nitrogens with one attached hydrogen (secondary N) is 2. The summed E-state index contributed by atoms with van der Waals surface area (Å²) in [6, 6.07) is 8.79. The number of carbonyl (C=O) groups is 3. The van der Waals surface area contributed by atoms with Crippen molar-refractivity contribution in [3.63, 3.8) is 0 Å². The second-order valence-electron chi connectivity index (χ2n) is 9.32. The number of H-pyrrole nitrogens is 1. The highest BCUT2D eigenvalue weighted by Gasteiger charge is 2.53. The third-order valence-corrected chi connectivity index (χ3v) is 8.82. The maximum absolute atomic E-state index is 13.1. The van der Waals surface area contributed by atoms with E-state index in [0.29, 0.717) is 37.9 Å². The predicted octanol–water partition coefficient (Wildman–Crippen LogP) is 1.61. The fraction of sp³-hybridized carbons (Fsp3) is 0.346. The summed E-state index contributed by atoms with van der Waals surface area (Å²) in [6.45, 7) is 0.503. The van der Waals surface area contributed by atoms with Gasteiger partial charge in [0.2, 0.25) is 15.9 Å². The molecule has 3 aromatic rings. The van der Waals surface area contributed by atoms with Crippen molar-refractivity contribution >= 4 is 27.6 Å². The number of Topliss-reactive ketones (excluding diaryl/α,β-unsaturated/α-hetero) is 1. The minimum Gasteiger partial charge on any atom is -0.352 e. The van der Waals surface area contributed by atoms with Crippen molar-refractivity contribution in [3.05, 3.63) is 66.7 Å². The summed E-state index contributed by atoms with van der Waals surface area (Å²) >= 11 is 0. The number of hydrogen-bond donors (Lipinski definition) is 2. The van der Waals surface area contributed by atoms with E-state index in [1.807, 2.05) is 12.1 Å². The summed E-state index contributed by atoms with van der Waals surface area (Å²) in [5.41, 5.74) is 1.41. The monoisotopic (exact) mass is 536 g/mol. The smallest absolute Gasteiger partial charge is 0.251 e. The van der Waals surface area contributed by atoms with Crippen LogP contribution in [-0.4, -0.2) is 81.9 Å². The van der Waals surface area contributed by atoms with Gasteiger partial charge in [-0.1, -0.05) is 12.1 Å². The van der Waals surface area contributed by atoms with Crippen LogP contribution in [0.25, 0.3) is 11.4 Å². The number of benzene rings is 1. The van der Waals surface area contributed by atoms with Gasteiger partial charge in [-0.25, -0.2) is 13.4 Å². The number of carbonyl (C=O) groups excluding carboxylic acids is 3. The molecule has 2 aliphatic heterocycles. The fourth-order valence-corrected chi connectivity index (χ4v) is 6.65. The molecule has 0 bridgehead atoms. The Morgan fingerprint density at radius 2 is 1.92 bits per heavy atom. The molecule has 2 amide bonds. The number of pyridine rings is 1. The zero-order valence-electron chi connectivity index (χ0n) is 20.6. The molecule has 2 unspecified atom stereocenters. The van der Waals surface area contributed by atoms with Crippen LogP contribution in [0.3, 0.4) is 0 Å². The van der Waals surface area contributed by atoms with E-state index in [2.05, 4.69) is 20.3 Å². The molecule has 2 aliphatic rings. The lowest BCUT2D eigenvalue weighted by atomic mass is 10.1. The standard InChI is InChI=1S/C26H28N6O5S/c33-22-17-32(38(36,37)20-4-3-11-27-16-20)21-10-15-31(24(21)22)23(34)5-1-2-12-30-26(35)19-8-6-18(7-9-19)25-28-13-14-29-25/h3-4,6-9,11,13-14,16,21,24H,1-2,5,10,12,15,17H2,(H,28,29)(H,30,35). The van der Waals surface area contributed by atoms with Crippen molar-refractivity contribution in [2.75, 3.05) is 19.6 Å². The van der Waals surface area contributed by atoms with Gasteiger partial charge in [-0.2, -0.15) is 4.31 Å². The second kappa shape index (κ2) is 10.8. The van der Waals surface area contributed by atoms with Gasteiger partial charge in [0.15, 0.2) is 5.78 Å². The molecular weight excluding hydrogens is 508 g/mol. The number of sulfonamides is 1. The van der Waals surface area contributed by atoms with Crippen LogP contribution in [0.15, 0.2) is 66.1 Å². The predicted molar refractivity (Wildman–Crippen MR) is 137 cm³/mol. The Bertz CT molecular complexity index is 1410. The minimum atomic E-state index is -3.88. The molecule has 1 aromatic carbocycles. The molecule has 2 aromatic heterocycles. The molecule has 12 heteroatoms. The summed E-state index contributed by atoms with van der Waals surface area (Å²) in [7, 11) is -3.88. The summed E-state index contributed by atoms with van der Waals surface area (Å²) in [5, 5.41) is 2.86. The van der Waals surface area contributed by atoms with Crippen molar-refractivity contribution in [2.45, 2.75) is 42.7 Å². The number of hydrogen-bond acceptors (Lipinski definition) is 7. The Morgan fingerprint density at radius 1 is 1.11 bits per heavy atom. The first-order valence-electron chi connectivity index (χ1n) is 12.5. The first-order chi connectivity index (χ1) is 18.4. The molecule has 2 atom stereocenters. The van der Waals surface area contributed by atoms with Crippen molar-refractivity contribution in [1.29, 1.82) is 0 Å². The molecule has 0 radical (unpaired) electrons. The van der Waals surface area contributed by atoms with Gasteiger partial charge in [-0.05, 0) is 43.5 Å². The normalized spacial score (nSPS) is 19.5. The Labute approximate surface area is 220 Å². The zero-order valence-corrected chi connectivity index (χ0v) is 21.4. The van der Waals surface area contributed by atoms with E-state index >= 15 is 0 Å². The highest BCUT2D eigenvalue weighted by molar-refractivity contribution is 7.89. The number of imidazole rings is 1. The van der Waals surface area contributed by atoms with Crippen LogP contribution in [0.4, 0.5) is 0 Å². The SMILES string of the molecule is O=C(NCCCCC(=O)N1CCC2C1C(=O)CN2S(=O)(=O)c1cccnc1)c1ccc(-c2ncc[nH]2)cc1. The lowest BCUT2D eigenvalue weighted by Gasteiger charge is -2.24. The van der Waals surface area contributed by atoms with Crippen molar-refractivity contribution in [3.8, 4) is 11.4 Å². The highest BCUT2D eigenvalue weighted by atomic mass is 32.2. The number of unbranched alkanes of at least 4 members (excludes halogenated alkanes) is 1. The summed E-state index contributed by atoms with van der Waals surface area (Å²) < 4.78 is 27.3. The number of rotatable bonds is 9. The van der Waals surface area contributed by atoms with Gasteiger partial charge >= 0.3 is 0 Å². The Hall–Kier alpha value is -3.90. The third-order valence-electron chi connectivity index (χ3n) is 6.96. The van der Waals surface area contributed by atoms with Gasteiger partial charge in [0.1, 0.15) is 16.8 Å². The van der Waals surface area contributed by atoms with Gasteiger partial charge in [-0.15, -0.1) is 0 Å². The van der Waals surface area contributed by atoms with E-state index in [9.17, 15) is 22.8 Å². The van der Waals surface area contributed by atoms with Gasteiger partial charge in [0.05, 0.1) is 12.6 Å². The maximum Gasteiger partial charge on any atom is 0.251 e. The van der Waals surface area contributed by atoms with E-state index < -0.39 is 22.1 Å². The molecule has 5 rings (SSSR count). The Kier molecular flexibility index (Phi) is 7.34. The topological polar surface area (TPSA) is 145 Å². The molecule has 2 saturated heterocycles. The molecule has 198 valence electrons. The zero-order chi connectivity index (χ0) is 26.7. The van der Waals surface area contributed by atoms with Crippen LogP contribution in [0.5, 0.6) is 0 Å². The molecule has 2 N–H and O–H groups in total. The van der Waals surface area contributed by atoms with Crippen molar-refractivity contribution in [1.82, 2.24) is 29.5 Å². The molecule has 0 spiro atoms. The third kappa shape index (κ3) is 5.09. The van der Waals surface area contributed by atoms with Crippen LogP contribution in [-0.2, 0) is 19.6 Å². The highest BCUT2D eigenvalue weighted by Crippen LogP contribution is 2.34. The van der Waals surface area contributed by atoms with E-state index in [-0.39, 0.29) is 35.5 Å². The number of aromatic amines is 1. The maximum atomic E-state index is 13.1.